The molecule has 2 aliphatic rings. The van der Waals surface area contributed by atoms with E-state index in [1.165, 1.54) is 12.8 Å². The molecular weight excluding hydrogens is 202 g/mol. The summed E-state index contributed by atoms with van der Waals surface area (Å²) < 4.78 is 0. The van der Waals surface area contributed by atoms with E-state index in [9.17, 15) is 9.90 Å². The van der Waals surface area contributed by atoms with Gasteiger partial charge in [-0.1, -0.05) is 25.0 Å². The first-order valence-corrected chi connectivity index (χ1v) is 6.38. The van der Waals surface area contributed by atoms with E-state index >= 15 is 0 Å². The van der Waals surface area contributed by atoms with Gasteiger partial charge in [0.2, 0.25) is 5.91 Å². The Kier molecular flexibility index (Phi) is 3.99. The Morgan fingerprint density at radius 1 is 1.31 bits per heavy atom. The minimum Gasteiger partial charge on any atom is -0.391 e. The van der Waals surface area contributed by atoms with Crippen LogP contribution in [0.5, 0.6) is 0 Å². The van der Waals surface area contributed by atoms with Gasteiger partial charge >= 0.3 is 0 Å². The van der Waals surface area contributed by atoms with Crippen molar-refractivity contribution in [1.82, 2.24) is 5.32 Å². The molecule has 2 aliphatic carbocycles. The van der Waals surface area contributed by atoms with Crippen LogP contribution in [0.15, 0.2) is 12.2 Å². The molecule has 1 unspecified atom stereocenters. The number of aliphatic hydroxyl groups excluding tert-OH is 1. The van der Waals surface area contributed by atoms with Crippen molar-refractivity contribution in [3.63, 3.8) is 0 Å². The third kappa shape index (κ3) is 2.85. The zero-order valence-electron chi connectivity index (χ0n) is 9.69. The van der Waals surface area contributed by atoms with E-state index in [0.29, 0.717) is 12.5 Å². The standard InChI is InChI=1S/C13H21NO2/c15-12(10-5-1-2-6-10)9-14-13(16)11-7-3-4-8-11/h3-4,10-12,15H,1-2,5-9H2,(H,14,16). The summed E-state index contributed by atoms with van der Waals surface area (Å²) in [4.78, 5) is 11.7. The fourth-order valence-corrected chi connectivity index (χ4v) is 2.69. The number of hydrogen-bond donors (Lipinski definition) is 2. The maximum atomic E-state index is 11.7. The number of aliphatic hydroxyl groups is 1. The van der Waals surface area contributed by atoms with E-state index in [1.54, 1.807) is 0 Å². The molecule has 3 heteroatoms. The Labute approximate surface area is 96.9 Å². The summed E-state index contributed by atoms with van der Waals surface area (Å²) >= 11 is 0. The number of carbonyl (C=O) groups excluding carboxylic acids is 1. The van der Waals surface area contributed by atoms with Crippen LogP contribution in [-0.2, 0) is 4.79 Å². The van der Waals surface area contributed by atoms with Gasteiger partial charge in [-0.05, 0) is 31.6 Å². The van der Waals surface area contributed by atoms with Crippen LogP contribution in [0.2, 0.25) is 0 Å². The van der Waals surface area contributed by atoms with Crippen LogP contribution in [0.1, 0.15) is 38.5 Å². The molecule has 1 saturated carbocycles. The monoisotopic (exact) mass is 223 g/mol. The topological polar surface area (TPSA) is 49.3 Å². The van der Waals surface area contributed by atoms with Gasteiger partial charge in [-0.25, -0.2) is 0 Å². The van der Waals surface area contributed by atoms with E-state index in [-0.39, 0.29) is 17.9 Å². The number of amides is 1. The average Bonchev–Trinajstić information content (AvgIpc) is 2.95. The average molecular weight is 223 g/mol. The molecule has 3 nitrogen and oxygen atoms in total. The van der Waals surface area contributed by atoms with Crippen molar-refractivity contribution in [3.05, 3.63) is 12.2 Å². The largest absolute Gasteiger partial charge is 0.391 e. The zero-order chi connectivity index (χ0) is 11.4. The van der Waals surface area contributed by atoms with Gasteiger partial charge in [0, 0.05) is 12.5 Å². The highest BCUT2D eigenvalue weighted by atomic mass is 16.3. The molecule has 0 aromatic carbocycles. The van der Waals surface area contributed by atoms with Gasteiger partial charge in [0.15, 0.2) is 0 Å². The lowest BCUT2D eigenvalue weighted by Gasteiger charge is -2.19. The first-order valence-electron chi connectivity index (χ1n) is 6.38. The number of carbonyl (C=O) groups is 1. The van der Waals surface area contributed by atoms with Crippen LogP contribution in [0.4, 0.5) is 0 Å². The van der Waals surface area contributed by atoms with Crippen molar-refractivity contribution in [1.29, 1.82) is 0 Å². The lowest BCUT2D eigenvalue weighted by Crippen LogP contribution is -2.38. The second kappa shape index (κ2) is 5.48. The lowest BCUT2D eigenvalue weighted by atomic mass is 10.0. The molecule has 1 fully saturated rings. The zero-order valence-corrected chi connectivity index (χ0v) is 9.69. The van der Waals surface area contributed by atoms with Crippen LogP contribution in [-0.4, -0.2) is 23.7 Å². The first kappa shape index (κ1) is 11.6. The van der Waals surface area contributed by atoms with E-state index in [4.69, 9.17) is 0 Å². The van der Waals surface area contributed by atoms with Crippen molar-refractivity contribution >= 4 is 5.91 Å². The summed E-state index contributed by atoms with van der Waals surface area (Å²) in [7, 11) is 0. The minimum absolute atomic E-state index is 0.0991. The first-order chi connectivity index (χ1) is 7.77. The van der Waals surface area contributed by atoms with Crippen LogP contribution in [0.25, 0.3) is 0 Å². The van der Waals surface area contributed by atoms with E-state index < -0.39 is 0 Å². The SMILES string of the molecule is O=C(NCC(O)C1CCCC1)C1CC=CC1. The third-order valence-electron chi connectivity index (χ3n) is 3.81. The highest BCUT2D eigenvalue weighted by molar-refractivity contribution is 5.79. The summed E-state index contributed by atoms with van der Waals surface area (Å²) in [6.07, 6.45) is 10.1. The predicted octanol–water partition coefficient (Wildman–Crippen LogP) is 1.62. The van der Waals surface area contributed by atoms with E-state index in [2.05, 4.69) is 17.5 Å². The van der Waals surface area contributed by atoms with Crippen molar-refractivity contribution in [3.8, 4) is 0 Å². The van der Waals surface area contributed by atoms with E-state index in [0.717, 1.165) is 25.7 Å². The number of allylic oxidation sites excluding steroid dienone is 2. The van der Waals surface area contributed by atoms with Gasteiger partial charge in [0.1, 0.15) is 0 Å². The molecule has 0 saturated heterocycles. The van der Waals surface area contributed by atoms with E-state index in [1.807, 2.05) is 0 Å². The molecule has 0 aliphatic heterocycles. The molecule has 0 aromatic rings. The molecule has 0 heterocycles. The number of hydrogen-bond acceptors (Lipinski definition) is 2. The Balaban J connectivity index is 1.67. The summed E-state index contributed by atoms with van der Waals surface area (Å²) in [6, 6.07) is 0. The molecule has 16 heavy (non-hydrogen) atoms. The van der Waals surface area contributed by atoms with Crippen LogP contribution >= 0.6 is 0 Å². The number of nitrogens with one attached hydrogen (secondary N) is 1. The summed E-state index contributed by atoms with van der Waals surface area (Å²) in [5.41, 5.74) is 0. The Hall–Kier alpha value is -0.830. The smallest absolute Gasteiger partial charge is 0.223 e. The van der Waals surface area contributed by atoms with Crippen molar-refractivity contribution < 1.29 is 9.90 Å². The number of rotatable bonds is 4. The van der Waals surface area contributed by atoms with Gasteiger partial charge in [-0.2, -0.15) is 0 Å². The third-order valence-corrected chi connectivity index (χ3v) is 3.81. The molecule has 1 amide bonds. The Morgan fingerprint density at radius 2 is 1.94 bits per heavy atom. The summed E-state index contributed by atoms with van der Waals surface area (Å²) in [5, 5.41) is 12.8. The Bertz CT molecular complexity index is 261. The molecule has 0 bridgehead atoms. The van der Waals surface area contributed by atoms with Gasteiger partial charge in [0.05, 0.1) is 6.10 Å². The van der Waals surface area contributed by atoms with Gasteiger partial charge < -0.3 is 10.4 Å². The van der Waals surface area contributed by atoms with Crippen molar-refractivity contribution in [2.75, 3.05) is 6.54 Å². The molecule has 2 rings (SSSR count). The fourth-order valence-electron chi connectivity index (χ4n) is 2.69. The second-order valence-corrected chi connectivity index (χ2v) is 5.00. The van der Waals surface area contributed by atoms with Gasteiger partial charge in [-0.15, -0.1) is 0 Å². The Morgan fingerprint density at radius 3 is 2.56 bits per heavy atom. The minimum atomic E-state index is -0.346. The molecule has 0 spiro atoms. The van der Waals surface area contributed by atoms with Crippen LogP contribution in [0, 0.1) is 11.8 Å². The molecule has 0 aromatic heterocycles. The maximum absolute atomic E-state index is 11.7. The molecule has 0 radical (unpaired) electrons. The molecule has 90 valence electrons. The normalized spacial score (nSPS) is 23.8. The summed E-state index contributed by atoms with van der Waals surface area (Å²) in [5.74, 6) is 0.611. The van der Waals surface area contributed by atoms with Crippen LogP contribution in [0.3, 0.4) is 0 Å². The lowest BCUT2D eigenvalue weighted by molar-refractivity contribution is -0.125. The highest BCUT2D eigenvalue weighted by Gasteiger charge is 2.25. The predicted molar refractivity (Wildman–Crippen MR) is 62.8 cm³/mol. The van der Waals surface area contributed by atoms with Gasteiger partial charge in [0.25, 0.3) is 0 Å². The van der Waals surface area contributed by atoms with Crippen molar-refractivity contribution in [2.45, 2.75) is 44.6 Å². The fraction of sp³-hybridized carbons (Fsp3) is 0.769. The van der Waals surface area contributed by atoms with Crippen molar-refractivity contribution in [2.24, 2.45) is 11.8 Å². The maximum Gasteiger partial charge on any atom is 0.223 e. The quantitative estimate of drug-likeness (QED) is 0.711. The summed E-state index contributed by atoms with van der Waals surface area (Å²) in [6.45, 7) is 0.431. The molecular formula is C13H21NO2. The highest BCUT2D eigenvalue weighted by Crippen LogP contribution is 2.27. The van der Waals surface area contributed by atoms with Gasteiger partial charge in [-0.3, -0.25) is 4.79 Å². The van der Waals surface area contributed by atoms with Crippen LogP contribution < -0.4 is 5.32 Å². The molecule has 1 atom stereocenters. The molecule has 2 N–H and O–H groups in total. The second-order valence-electron chi connectivity index (χ2n) is 5.00.